The highest BCUT2D eigenvalue weighted by Crippen LogP contribution is 2.14. The van der Waals surface area contributed by atoms with E-state index in [1.807, 2.05) is 0 Å². The van der Waals surface area contributed by atoms with Crippen molar-refractivity contribution in [2.24, 2.45) is 0 Å². The maximum absolute atomic E-state index is 12.3. The molecule has 2 aromatic carbocycles. The number of rotatable bonds is 5. The average molecular weight is 346 g/mol. The second-order valence-electron chi connectivity index (χ2n) is 4.78. The van der Waals surface area contributed by atoms with Gasteiger partial charge >= 0.3 is 5.97 Å². The molecule has 0 spiro atoms. The molecule has 2 rings (SSSR count). The van der Waals surface area contributed by atoms with Crippen molar-refractivity contribution in [2.75, 3.05) is 14.2 Å². The molecule has 0 unspecified atom stereocenters. The van der Waals surface area contributed by atoms with Gasteiger partial charge in [-0.05, 0) is 48.0 Å². The number of esters is 1. The van der Waals surface area contributed by atoms with Gasteiger partial charge in [0.1, 0.15) is 11.4 Å². The second kappa shape index (κ2) is 8.17. The smallest absolute Gasteiger partial charge is 0.354 e. The first-order valence-electron chi connectivity index (χ1n) is 7.04. The summed E-state index contributed by atoms with van der Waals surface area (Å²) in [6, 6.07) is 13.4. The first kappa shape index (κ1) is 17.6. The summed E-state index contributed by atoms with van der Waals surface area (Å²) >= 11 is 5.83. The van der Waals surface area contributed by atoms with Crippen LogP contribution in [-0.4, -0.2) is 26.1 Å². The summed E-state index contributed by atoms with van der Waals surface area (Å²) in [4.78, 5) is 24.2. The summed E-state index contributed by atoms with van der Waals surface area (Å²) < 4.78 is 9.76. The fraction of sp³-hybridized carbons (Fsp3) is 0.111. The molecule has 0 atom stereocenters. The minimum atomic E-state index is -0.646. The van der Waals surface area contributed by atoms with Gasteiger partial charge in [0, 0.05) is 10.6 Å². The largest absolute Gasteiger partial charge is 0.497 e. The monoisotopic (exact) mass is 345 g/mol. The lowest BCUT2D eigenvalue weighted by Crippen LogP contribution is -2.28. The number of hydrogen-bond donors (Lipinski definition) is 1. The van der Waals surface area contributed by atoms with E-state index in [4.69, 9.17) is 21.1 Å². The number of ether oxygens (including phenoxy) is 2. The molecule has 24 heavy (non-hydrogen) atoms. The third-order valence-electron chi connectivity index (χ3n) is 3.19. The van der Waals surface area contributed by atoms with Gasteiger partial charge in [-0.2, -0.15) is 0 Å². The van der Waals surface area contributed by atoms with Crippen molar-refractivity contribution in [3.63, 3.8) is 0 Å². The van der Waals surface area contributed by atoms with E-state index in [1.54, 1.807) is 55.6 Å². The van der Waals surface area contributed by atoms with Gasteiger partial charge in [-0.3, -0.25) is 4.79 Å². The predicted molar refractivity (Wildman–Crippen MR) is 91.9 cm³/mol. The molecule has 1 amide bonds. The average Bonchev–Trinajstić information content (AvgIpc) is 2.62. The molecule has 0 fully saturated rings. The van der Waals surface area contributed by atoms with Crippen LogP contribution in [0.3, 0.4) is 0 Å². The molecule has 0 aliphatic heterocycles. The van der Waals surface area contributed by atoms with Gasteiger partial charge in [-0.25, -0.2) is 4.79 Å². The number of halogens is 1. The van der Waals surface area contributed by atoms with Crippen molar-refractivity contribution in [3.05, 3.63) is 70.4 Å². The number of nitrogens with one attached hydrogen (secondary N) is 1. The molecule has 6 heteroatoms. The standard InChI is InChI=1S/C18H16ClNO4/c1-23-15-9-5-13(6-10-15)17(21)20-16(18(22)24-2)11-12-3-7-14(19)8-4-12/h3-11H,1-2H3,(H,20,21). The van der Waals surface area contributed by atoms with Crippen LogP contribution in [0.5, 0.6) is 5.75 Å². The summed E-state index contributed by atoms with van der Waals surface area (Å²) in [6.45, 7) is 0. The Hall–Kier alpha value is -2.79. The molecule has 5 nitrogen and oxygen atoms in total. The Balaban J connectivity index is 2.23. The van der Waals surface area contributed by atoms with Crippen LogP contribution in [0.1, 0.15) is 15.9 Å². The molecule has 0 aromatic heterocycles. The molecule has 0 aliphatic rings. The minimum absolute atomic E-state index is 0.0284. The highest BCUT2D eigenvalue weighted by atomic mass is 35.5. The Labute approximate surface area is 144 Å². The second-order valence-corrected chi connectivity index (χ2v) is 5.22. The molecular formula is C18H16ClNO4. The van der Waals surface area contributed by atoms with Crippen molar-refractivity contribution in [2.45, 2.75) is 0 Å². The van der Waals surface area contributed by atoms with Gasteiger partial charge < -0.3 is 14.8 Å². The lowest BCUT2D eigenvalue weighted by Gasteiger charge is -2.09. The Kier molecular flexibility index (Phi) is 5.98. The predicted octanol–water partition coefficient (Wildman–Crippen LogP) is 3.29. The van der Waals surface area contributed by atoms with Crippen LogP contribution in [0, 0.1) is 0 Å². The van der Waals surface area contributed by atoms with Gasteiger partial charge in [0.2, 0.25) is 0 Å². The van der Waals surface area contributed by atoms with Gasteiger partial charge in [0.05, 0.1) is 14.2 Å². The zero-order valence-electron chi connectivity index (χ0n) is 13.2. The van der Waals surface area contributed by atoms with E-state index < -0.39 is 11.9 Å². The van der Waals surface area contributed by atoms with E-state index in [9.17, 15) is 9.59 Å². The number of benzene rings is 2. The molecule has 0 saturated carbocycles. The van der Waals surface area contributed by atoms with E-state index in [2.05, 4.69) is 5.32 Å². The van der Waals surface area contributed by atoms with Gasteiger partial charge in [0.25, 0.3) is 5.91 Å². The molecule has 124 valence electrons. The molecule has 0 saturated heterocycles. The van der Waals surface area contributed by atoms with Crippen LogP contribution in [0.2, 0.25) is 5.02 Å². The van der Waals surface area contributed by atoms with Gasteiger partial charge in [-0.15, -0.1) is 0 Å². The van der Waals surface area contributed by atoms with Crippen molar-refractivity contribution in [1.82, 2.24) is 5.32 Å². The zero-order chi connectivity index (χ0) is 17.5. The molecule has 0 aliphatic carbocycles. The SMILES string of the molecule is COC(=O)C(=Cc1ccc(Cl)cc1)NC(=O)c1ccc(OC)cc1. The van der Waals surface area contributed by atoms with E-state index in [1.165, 1.54) is 13.2 Å². The summed E-state index contributed by atoms with van der Waals surface area (Å²) in [6.07, 6.45) is 1.52. The van der Waals surface area contributed by atoms with Gasteiger partial charge in [-0.1, -0.05) is 23.7 Å². The Morgan fingerprint density at radius 3 is 2.17 bits per heavy atom. The van der Waals surface area contributed by atoms with E-state index >= 15 is 0 Å². The molecule has 2 aromatic rings. The molecule has 0 bridgehead atoms. The molecular weight excluding hydrogens is 330 g/mol. The van der Waals surface area contributed by atoms with Crippen LogP contribution in [0.15, 0.2) is 54.2 Å². The molecule has 0 radical (unpaired) electrons. The summed E-state index contributed by atoms with van der Waals surface area (Å²) in [5.74, 6) is -0.438. The first-order valence-corrected chi connectivity index (χ1v) is 7.42. The number of carbonyl (C=O) groups excluding carboxylic acids is 2. The minimum Gasteiger partial charge on any atom is -0.497 e. The Morgan fingerprint density at radius 2 is 1.62 bits per heavy atom. The highest BCUT2D eigenvalue weighted by molar-refractivity contribution is 6.30. The van der Waals surface area contributed by atoms with Crippen molar-refractivity contribution in [1.29, 1.82) is 0 Å². The third-order valence-corrected chi connectivity index (χ3v) is 3.44. The van der Waals surface area contributed by atoms with Crippen molar-refractivity contribution in [3.8, 4) is 5.75 Å². The zero-order valence-corrected chi connectivity index (χ0v) is 14.0. The normalized spacial score (nSPS) is 10.9. The summed E-state index contributed by atoms with van der Waals surface area (Å²) in [5, 5.41) is 3.14. The quantitative estimate of drug-likeness (QED) is 0.667. The van der Waals surface area contributed by atoms with Crippen LogP contribution in [0.4, 0.5) is 0 Å². The fourth-order valence-corrected chi connectivity index (χ4v) is 2.04. The molecule has 0 heterocycles. The Bertz CT molecular complexity index is 752. The topological polar surface area (TPSA) is 64.6 Å². The van der Waals surface area contributed by atoms with Gasteiger partial charge in [0.15, 0.2) is 0 Å². The van der Waals surface area contributed by atoms with E-state index in [0.717, 1.165) is 0 Å². The van der Waals surface area contributed by atoms with Crippen molar-refractivity contribution < 1.29 is 19.1 Å². The maximum atomic E-state index is 12.3. The lowest BCUT2D eigenvalue weighted by atomic mass is 10.1. The van der Waals surface area contributed by atoms with E-state index in [-0.39, 0.29) is 5.70 Å². The number of hydrogen-bond acceptors (Lipinski definition) is 4. The third kappa shape index (κ3) is 4.60. The van der Waals surface area contributed by atoms with Crippen LogP contribution in [-0.2, 0) is 9.53 Å². The Morgan fingerprint density at radius 1 is 1.00 bits per heavy atom. The first-order chi connectivity index (χ1) is 11.5. The van der Waals surface area contributed by atoms with Crippen LogP contribution < -0.4 is 10.1 Å². The highest BCUT2D eigenvalue weighted by Gasteiger charge is 2.15. The summed E-state index contributed by atoms with van der Waals surface area (Å²) in [7, 11) is 2.79. The van der Waals surface area contributed by atoms with Crippen LogP contribution >= 0.6 is 11.6 Å². The maximum Gasteiger partial charge on any atom is 0.354 e. The van der Waals surface area contributed by atoms with Crippen LogP contribution in [0.25, 0.3) is 6.08 Å². The fourth-order valence-electron chi connectivity index (χ4n) is 1.92. The number of amides is 1. The van der Waals surface area contributed by atoms with Crippen molar-refractivity contribution >= 4 is 29.6 Å². The van der Waals surface area contributed by atoms with E-state index in [0.29, 0.717) is 21.9 Å². The number of methoxy groups -OCH3 is 2. The lowest BCUT2D eigenvalue weighted by molar-refractivity contribution is -0.136. The number of carbonyl (C=O) groups is 2. The summed E-state index contributed by atoms with van der Waals surface area (Å²) in [5.41, 5.74) is 1.12. The molecule has 1 N–H and O–H groups in total.